The number of rotatable bonds is 3. The Hall–Kier alpha value is -2.25. The van der Waals surface area contributed by atoms with Crippen LogP contribution in [0.15, 0.2) is 35.2 Å². The topological polar surface area (TPSA) is 89.3 Å². The van der Waals surface area contributed by atoms with Gasteiger partial charge in [0.15, 0.2) is 0 Å². The maximum Gasteiger partial charge on any atom is 0.255 e. The smallest absolute Gasteiger partial charge is 0.255 e. The van der Waals surface area contributed by atoms with E-state index in [0.717, 1.165) is 0 Å². The number of primary sulfonamides is 1. The predicted molar refractivity (Wildman–Crippen MR) is 86.4 cm³/mol. The lowest BCUT2D eigenvalue weighted by Crippen LogP contribution is -2.18. The average Bonchev–Trinajstić information content (AvgIpc) is 2.43. The fourth-order valence-corrected chi connectivity index (χ4v) is 3.09. The highest BCUT2D eigenvalue weighted by Gasteiger charge is 2.18. The molecular formula is C16H17FN2O3S. The van der Waals surface area contributed by atoms with Crippen LogP contribution in [0.2, 0.25) is 0 Å². The molecule has 2 rings (SSSR count). The molecule has 23 heavy (non-hydrogen) atoms. The minimum absolute atomic E-state index is 0.0847. The van der Waals surface area contributed by atoms with Crippen molar-refractivity contribution in [3.05, 3.63) is 58.4 Å². The van der Waals surface area contributed by atoms with E-state index >= 15 is 0 Å². The summed E-state index contributed by atoms with van der Waals surface area (Å²) in [4.78, 5) is 12.3. The van der Waals surface area contributed by atoms with Gasteiger partial charge in [-0.25, -0.2) is 17.9 Å². The third-order valence-corrected chi connectivity index (χ3v) is 4.66. The normalized spacial score (nSPS) is 11.3. The molecule has 0 fully saturated rings. The van der Waals surface area contributed by atoms with Crippen LogP contribution in [0.1, 0.15) is 27.0 Å². The second-order valence-corrected chi connectivity index (χ2v) is 6.90. The number of anilines is 1. The van der Waals surface area contributed by atoms with Gasteiger partial charge in [-0.3, -0.25) is 4.79 Å². The van der Waals surface area contributed by atoms with Gasteiger partial charge in [-0.15, -0.1) is 0 Å². The van der Waals surface area contributed by atoms with Crippen molar-refractivity contribution in [1.82, 2.24) is 0 Å². The Morgan fingerprint density at radius 1 is 1.09 bits per heavy atom. The number of carbonyl (C=O) groups excluding carboxylic acids is 1. The van der Waals surface area contributed by atoms with Crippen LogP contribution in [0, 0.1) is 26.6 Å². The standard InChI is InChI=1S/C16H17FN2O3S/c1-9-6-12(8-15(11(9)3)23(18,21)22)16(20)19-14-5-4-13(17)7-10(14)2/h4-8H,1-3H3,(H,19,20)(H2,18,21,22). The highest BCUT2D eigenvalue weighted by Crippen LogP contribution is 2.22. The van der Waals surface area contributed by atoms with Gasteiger partial charge in [0.25, 0.3) is 5.91 Å². The van der Waals surface area contributed by atoms with E-state index in [4.69, 9.17) is 5.14 Å². The molecule has 0 saturated carbocycles. The van der Waals surface area contributed by atoms with E-state index in [1.54, 1.807) is 26.8 Å². The van der Waals surface area contributed by atoms with E-state index in [0.29, 0.717) is 22.4 Å². The predicted octanol–water partition coefficient (Wildman–Crippen LogP) is 2.65. The Morgan fingerprint density at radius 3 is 2.30 bits per heavy atom. The summed E-state index contributed by atoms with van der Waals surface area (Å²) in [6.07, 6.45) is 0. The molecular weight excluding hydrogens is 319 g/mol. The highest BCUT2D eigenvalue weighted by molar-refractivity contribution is 7.89. The van der Waals surface area contributed by atoms with Crippen LogP contribution in [0.3, 0.4) is 0 Å². The molecule has 3 N–H and O–H groups in total. The molecule has 0 saturated heterocycles. The first-order valence-electron chi connectivity index (χ1n) is 6.81. The van der Waals surface area contributed by atoms with Crippen LogP contribution in [0.5, 0.6) is 0 Å². The number of amides is 1. The number of aryl methyl sites for hydroxylation is 2. The van der Waals surface area contributed by atoms with Crippen molar-refractivity contribution in [3.63, 3.8) is 0 Å². The number of nitrogens with two attached hydrogens (primary N) is 1. The Kier molecular flexibility index (Phi) is 4.53. The van der Waals surface area contributed by atoms with E-state index in [1.165, 1.54) is 24.3 Å². The molecule has 0 aliphatic carbocycles. The molecule has 0 unspecified atom stereocenters. The fourth-order valence-electron chi connectivity index (χ4n) is 2.22. The second-order valence-electron chi connectivity index (χ2n) is 5.37. The van der Waals surface area contributed by atoms with Gasteiger partial charge in [0.05, 0.1) is 4.90 Å². The summed E-state index contributed by atoms with van der Waals surface area (Å²) in [6, 6.07) is 6.80. The monoisotopic (exact) mass is 336 g/mol. The fraction of sp³-hybridized carbons (Fsp3) is 0.188. The molecule has 0 spiro atoms. The number of carbonyl (C=O) groups is 1. The maximum absolute atomic E-state index is 13.1. The molecule has 0 aromatic heterocycles. The highest BCUT2D eigenvalue weighted by atomic mass is 32.2. The van der Waals surface area contributed by atoms with E-state index in [1.807, 2.05) is 0 Å². The van der Waals surface area contributed by atoms with Crippen LogP contribution in [0.25, 0.3) is 0 Å². The van der Waals surface area contributed by atoms with Crippen molar-refractivity contribution in [1.29, 1.82) is 0 Å². The first-order chi connectivity index (χ1) is 10.6. The molecule has 2 aromatic rings. The van der Waals surface area contributed by atoms with Crippen molar-refractivity contribution in [2.24, 2.45) is 5.14 Å². The number of nitrogens with one attached hydrogen (secondary N) is 1. The second kappa shape index (κ2) is 6.10. The van der Waals surface area contributed by atoms with E-state index in [9.17, 15) is 17.6 Å². The lowest BCUT2D eigenvalue weighted by atomic mass is 10.1. The summed E-state index contributed by atoms with van der Waals surface area (Å²) >= 11 is 0. The zero-order chi connectivity index (χ0) is 17.4. The van der Waals surface area contributed by atoms with Crippen molar-refractivity contribution in [2.75, 3.05) is 5.32 Å². The average molecular weight is 336 g/mol. The minimum Gasteiger partial charge on any atom is -0.322 e. The number of hydrogen-bond donors (Lipinski definition) is 2. The number of sulfonamides is 1. The molecule has 0 aliphatic rings. The zero-order valence-corrected chi connectivity index (χ0v) is 13.8. The van der Waals surface area contributed by atoms with E-state index < -0.39 is 21.7 Å². The SMILES string of the molecule is Cc1cc(F)ccc1NC(=O)c1cc(C)c(C)c(S(N)(=O)=O)c1. The van der Waals surface area contributed by atoms with Gasteiger partial charge in [0.1, 0.15) is 5.82 Å². The summed E-state index contributed by atoms with van der Waals surface area (Å²) in [5.41, 5.74) is 2.32. The van der Waals surface area contributed by atoms with Gasteiger partial charge in [-0.05, 0) is 67.8 Å². The summed E-state index contributed by atoms with van der Waals surface area (Å²) in [7, 11) is -3.93. The van der Waals surface area contributed by atoms with Crippen molar-refractivity contribution in [3.8, 4) is 0 Å². The van der Waals surface area contributed by atoms with E-state index in [2.05, 4.69) is 5.32 Å². The van der Waals surface area contributed by atoms with Gasteiger partial charge < -0.3 is 5.32 Å². The Morgan fingerprint density at radius 2 is 1.74 bits per heavy atom. The van der Waals surface area contributed by atoms with Gasteiger partial charge in [0, 0.05) is 11.3 Å². The van der Waals surface area contributed by atoms with Crippen LogP contribution in [0.4, 0.5) is 10.1 Å². The number of halogens is 1. The largest absolute Gasteiger partial charge is 0.322 e. The van der Waals surface area contributed by atoms with Crippen molar-refractivity contribution in [2.45, 2.75) is 25.7 Å². The first kappa shape index (κ1) is 17.1. The van der Waals surface area contributed by atoms with E-state index in [-0.39, 0.29) is 10.5 Å². The Labute approximate surface area is 134 Å². The molecule has 1 amide bonds. The van der Waals surface area contributed by atoms with Crippen LogP contribution < -0.4 is 10.5 Å². The minimum atomic E-state index is -3.93. The molecule has 122 valence electrons. The summed E-state index contributed by atoms with van der Waals surface area (Å²) in [6.45, 7) is 4.99. The molecule has 0 heterocycles. The number of hydrogen-bond acceptors (Lipinski definition) is 3. The lowest BCUT2D eigenvalue weighted by Gasteiger charge is -2.12. The molecule has 0 radical (unpaired) electrons. The zero-order valence-electron chi connectivity index (χ0n) is 13.0. The molecule has 0 atom stereocenters. The molecule has 0 aliphatic heterocycles. The van der Waals surface area contributed by atoms with Crippen molar-refractivity contribution >= 4 is 21.6 Å². The van der Waals surface area contributed by atoms with Crippen LogP contribution in [-0.4, -0.2) is 14.3 Å². The molecule has 5 nitrogen and oxygen atoms in total. The maximum atomic E-state index is 13.1. The lowest BCUT2D eigenvalue weighted by molar-refractivity contribution is 0.102. The molecule has 2 aromatic carbocycles. The Balaban J connectivity index is 2.42. The van der Waals surface area contributed by atoms with Crippen molar-refractivity contribution < 1.29 is 17.6 Å². The van der Waals surface area contributed by atoms with Gasteiger partial charge in [-0.2, -0.15) is 0 Å². The quantitative estimate of drug-likeness (QED) is 0.903. The number of benzene rings is 2. The molecule has 0 bridgehead atoms. The van der Waals surface area contributed by atoms with Gasteiger partial charge in [-0.1, -0.05) is 0 Å². The van der Waals surface area contributed by atoms with Crippen LogP contribution >= 0.6 is 0 Å². The summed E-state index contributed by atoms with van der Waals surface area (Å²) < 4.78 is 36.4. The Bertz CT molecular complexity index is 892. The third kappa shape index (κ3) is 3.75. The van der Waals surface area contributed by atoms with Gasteiger partial charge >= 0.3 is 0 Å². The van der Waals surface area contributed by atoms with Gasteiger partial charge in [0.2, 0.25) is 10.0 Å². The van der Waals surface area contributed by atoms with Crippen LogP contribution in [-0.2, 0) is 10.0 Å². The first-order valence-corrected chi connectivity index (χ1v) is 8.36. The third-order valence-electron chi connectivity index (χ3n) is 3.63. The summed E-state index contributed by atoms with van der Waals surface area (Å²) in [5.74, 6) is -0.893. The molecule has 7 heteroatoms. The summed E-state index contributed by atoms with van der Waals surface area (Å²) in [5, 5.41) is 7.83.